The fraction of sp³-hybridized carbons (Fsp3) is 0.619. The maximum Gasteiger partial charge on any atom is 0.326 e. The Hall–Kier alpha value is -3.56. The maximum atomic E-state index is 11.9. The first-order valence-electron chi connectivity index (χ1n) is 11.3. The number of rotatable bonds is 20. The molecular weight excluding hydrogens is 482 g/mol. The van der Waals surface area contributed by atoms with E-state index in [0.29, 0.717) is 6.42 Å². The van der Waals surface area contributed by atoms with E-state index in [1.807, 2.05) is 0 Å². The standard InChI is InChI=1S/C21H33N5O10/c22-21(33)23-6-1-2-15(20(31)32)25-17(28)14-24-16(27)5-8-34-10-12-36-13-11-35-9-7-26-18(29)3-4-19(26)30/h3-4,15H,1-2,5-14H2,(H,24,27)(H,25,28)(H,31,32)(H3,22,23,33). The number of carboxylic acid groups (broad SMARTS) is 1. The van der Waals surface area contributed by atoms with E-state index in [1.165, 1.54) is 12.2 Å². The van der Waals surface area contributed by atoms with Gasteiger partial charge < -0.3 is 41.0 Å². The molecule has 0 bridgehead atoms. The molecule has 6 amide bonds. The molecule has 0 aliphatic carbocycles. The summed E-state index contributed by atoms with van der Waals surface area (Å²) in [6, 6.07) is -1.88. The fourth-order valence-electron chi connectivity index (χ4n) is 2.80. The van der Waals surface area contributed by atoms with E-state index < -0.39 is 29.9 Å². The molecule has 15 nitrogen and oxygen atoms in total. The minimum absolute atomic E-state index is 0.000332. The van der Waals surface area contributed by atoms with Gasteiger partial charge in [0.1, 0.15) is 6.04 Å². The van der Waals surface area contributed by atoms with Crippen molar-refractivity contribution >= 4 is 35.6 Å². The summed E-state index contributed by atoms with van der Waals surface area (Å²) in [5, 5.41) is 16.1. The molecule has 0 aromatic rings. The number of carbonyl (C=O) groups excluding carboxylic acids is 5. The van der Waals surface area contributed by atoms with Gasteiger partial charge in [-0.3, -0.25) is 24.1 Å². The first kappa shape index (κ1) is 30.5. The lowest BCUT2D eigenvalue weighted by Gasteiger charge is -2.15. The summed E-state index contributed by atoms with van der Waals surface area (Å²) >= 11 is 0. The Labute approximate surface area is 207 Å². The van der Waals surface area contributed by atoms with E-state index >= 15 is 0 Å². The highest BCUT2D eigenvalue weighted by Crippen LogP contribution is 2.02. The average Bonchev–Trinajstić information content (AvgIpc) is 3.14. The van der Waals surface area contributed by atoms with Crippen LogP contribution >= 0.6 is 0 Å². The summed E-state index contributed by atoms with van der Waals surface area (Å²) in [6.45, 7) is 1.34. The van der Waals surface area contributed by atoms with Crippen LogP contribution < -0.4 is 21.7 Å². The summed E-state index contributed by atoms with van der Waals surface area (Å²) in [5.41, 5.74) is 4.91. The highest BCUT2D eigenvalue weighted by molar-refractivity contribution is 6.12. The quantitative estimate of drug-likeness (QED) is 0.0847. The second-order valence-corrected chi connectivity index (χ2v) is 7.42. The number of aliphatic carboxylic acids is 1. The summed E-state index contributed by atoms with van der Waals surface area (Å²) < 4.78 is 15.9. The van der Waals surface area contributed by atoms with Gasteiger partial charge >= 0.3 is 12.0 Å². The molecular formula is C21H33N5O10. The minimum Gasteiger partial charge on any atom is -0.480 e. The van der Waals surface area contributed by atoms with Crippen LogP contribution in [0.3, 0.4) is 0 Å². The largest absolute Gasteiger partial charge is 0.480 e. The monoisotopic (exact) mass is 515 g/mol. The average molecular weight is 516 g/mol. The van der Waals surface area contributed by atoms with E-state index in [1.54, 1.807) is 0 Å². The Bertz CT molecular complexity index is 786. The van der Waals surface area contributed by atoms with Gasteiger partial charge in [0.15, 0.2) is 0 Å². The van der Waals surface area contributed by atoms with Gasteiger partial charge in [0, 0.05) is 25.1 Å². The van der Waals surface area contributed by atoms with Crippen LogP contribution in [0.4, 0.5) is 4.79 Å². The highest BCUT2D eigenvalue weighted by atomic mass is 16.5. The number of ether oxygens (including phenoxy) is 3. The third-order valence-corrected chi connectivity index (χ3v) is 4.63. The van der Waals surface area contributed by atoms with Crippen molar-refractivity contribution in [1.29, 1.82) is 0 Å². The van der Waals surface area contributed by atoms with Gasteiger partial charge in [-0.05, 0) is 12.8 Å². The van der Waals surface area contributed by atoms with E-state index in [4.69, 9.17) is 25.1 Å². The van der Waals surface area contributed by atoms with Gasteiger partial charge in [-0.2, -0.15) is 0 Å². The van der Waals surface area contributed by atoms with E-state index in [0.717, 1.165) is 4.90 Å². The summed E-state index contributed by atoms with van der Waals surface area (Å²) in [6.07, 6.45) is 2.79. The molecule has 0 radical (unpaired) electrons. The smallest absolute Gasteiger partial charge is 0.326 e. The first-order valence-corrected chi connectivity index (χ1v) is 11.3. The number of nitrogens with two attached hydrogens (primary N) is 1. The molecule has 1 atom stereocenters. The Morgan fingerprint density at radius 2 is 1.47 bits per heavy atom. The minimum atomic E-state index is -1.23. The second kappa shape index (κ2) is 17.8. The lowest BCUT2D eigenvalue weighted by Crippen LogP contribution is -2.46. The van der Waals surface area contributed by atoms with Crippen LogP contribution in [-0.2, 0) is 38.2 Å². The third kappa shape index (κ3) is 14.0. The molecule has 1 aliphatic heterocycles. The molecule has 0 fully saturated rings. The normalized spacial score (nSPS) is 13.5. The van der Waals surface area contributed by atoms with Crippen LogP contribution in [0.5, 0.6) is 0 Å². The number of primary amides is 1. The predicted octanol–water partition coefficient (Wildman–Crippen LogP) is -2.51. The van der Waals surface area contributed by atoms with Crippen LogP contribution in [-0.4, -0.2) is 111 Å². The zero-order valence-corrected chi connectivity index (χ0v) is 19.9. The number of imide groups is 1. The number of carboxylic acids is 1. The molecule has 0 aromatic heterocycles. The number of nitrogens with one attached hydrogen (secondary N) is 3. The van der Waals surface area contributed by atoms with Gasteiger partial charge in [0.05, 0.1) is 52.7 Å². The summed E-state index contributed by atoms with van der Waals surface area (Å²) in [7, 11) is 0. The maximum absolute atomic E-state index is 11.9. The molecule has 0 aromatic carbocycles. The number of carbonyl (C=O) groups is 6. The molecule has 0 saturated carbocycles. The lowest BCUT2D eigenvalue weighted by molar-refractivity contribution is -0.142. The van der Waals surface area contributed by atoms with E-state index in [2.05, 4.69) is 16.0 Å². The third-order valence-electron chi connectivity index (χ3n) is 4.63. The number of hydrogen-bond donors (Lipinski definition) is 5. The number of nitrogens with zero attached hydrogens (tertiary/aromatic N) is 1. The van der Waals surface area contributed by atoms with Gasteiger partial charge in [-0.1, -0.05) is 0 Å². The van der Waals surface area contributed by atoms with Crippen molar-refractivity contribution in [2.45, 2.75) is 25.3 Å². The number of hydrogen-bond acceptors (Lipinski definition) is 9. The van der Waals surface area contributed by atoms with Crippen molar-refractivity contribution in [3.05, 3.63) is 12.2 Å². The Balaban J connectivity index is 1.97. The molecule has 6 N–H and O–H groups in total. The lowest BCUT2D eigenvalue weighted by atomic mass is 10.1. The topological polar surface area (TPSA) is 216 Å². The highest BCUT2D eigenvalue weighted by Gasteiger charge is 2.22. The number of urea groups is 1. The van der Waals surface area contributed by atoms with Crippen LogP contribution in [0.15, 0.2) is 12.2 Å². The molecule has 1 aliphatic rings. The molecule has 1 unspecified atom stereocenters. The molecule has 0 spiro atoms. The van der Waals surface area contributed by atoms with Crippen LogP contribution in [0.1, 0.15) is 19.3 Å². The van der Waals surface area contributed by atoms with Crippen LogP contribution in [0.2, 0.25) is 0 Å². The van der Waals surface area contributed by atoms with Crippen molar-refractivity contribution in [2.75, 3.05) is 59.3 Å². The van der Waals surface area contributed by atoms with Crippen molar-refractivity contribution in [3.63, 3.8) is 0 Å². The van der Waals surface area contributed by atoms with Crippen molar-refractivity contribution in [1.82, 2.24) is 20.9 Å². The molecule has 0 saturated heterocycles. The van der Waals surface area contributed by atoms with Crippen molar-refractivity contribution < 1.29 is 48.1 Å². The SMILES string of the molecule is NC(=O)NCCCC(NC(=O)CNC(=O)CCOCCOCCOCCN1C(=O)C=CC1=O)C(=O)O. The Morgan fingerprint density at radius 1 is 0.889 bits per heavy atom. The van der Waals surface area contributed by atoms with Gasteiger partial charge in [0.25, 0.3) is 11.8 Å². The number of amides is 6. The Kier molecular flexibility index (Phi) is 15.1. The van der Waals surface area contributed by atoms with Crippen LogP contribution in [0.25, 0.3) is 0 Å². The van der Waals surface area contributed by atoms with E-state index in [-0.39, 0.29) is 83.9 Å². The molecule has 1 heterocycles. The summed E-state index contributed by atoms with van der Waals surface area (Å²) in [4.78, 5) is 69.2. The molecule has 202 valence electrons. The van der Waals surface area contributed by atoms with Crippen molar-refractivity contribution in [3.8, 4) is 0 Å². The second-order valence-electron chi connectivity index (χ2n) is 7.42. The first-order chi connectivity index (χ1) is 17.2. The molecule has 36 heavy (non-hydrogen) atoms. The molecule has 15 heteroatoms. The molecule has 1 rings (SSSR count). The predicted molar refractivity (Wildman–Crippen MR) is 122 cm³/mol. The summed E-state index contributed by atoms with van der Waals surface area (Å²) in [5.74, 6) is -3.05. The van der Waals surface area contributed by atoms with Crippen molar-refractivity contribution in [2.24, 2.45) is 5.73 Å². The van der Waals surface area contributed by atoms with Crippen LogP contribution in [0, 0.1) is 0 Å². The zero-order valence-electron chi connectivity index (χ0n) is 19.9. The fourth-order valence-corrected chi connectivity index (χ4v) is 2.80. The Morgan fingerprint density at radius 3 is 2.06 bits per heavy atom. The zero-order chi connectivity index (χ0) is 26.8. The van der Waals surface area contributed by atoms with Gasteiger partial charge in [-0.15, -0.1) is 0 Å². The van der Waals surface area contributed by atoms with E-state index in [9.17, 15) is 28.8 Å². The van der Waals surface area contributed by atoms with Gasteiger partial charge in [-0.25, -0.2) is 9.59 Å². The van der Waals surface area contributed by atoms with Gasteiger partial charge in [0.2, 0.25) is 11.8 Å².